The number of hydrogen-bond acceptors (Lipinski definition) is 2. The summed E-state index contributed by atoms with van der Waals surface area (Å²) in [5.41, 5.74) is 2.40. The molecular formula is C10H14O2S. The van der Waals surface area contributed by atoms with Crippen LogP contribution >= 0.6 is 0 Å². The SMILES string of the molecule is CC1=CC(S(=O)(=O)C2C=C(C)C2)C1. The van der Waals surface area contributed by atoms with E-state index in [1.54, 1.807) is 0 Å². The van der Waals surface area contributed by atoms with Crippen molar-refractivity contribution in [3.8, 4) is 0 Å². The first-order valence-corrected chi connectivity index (χ1v) is 6.18. The first kappa shape index (κ1) is 9.00. The molecule has 0 heterocycles. The van der Waals surface area contributed by atoms with Crippen LogP contribution in [0, 0.1) is 0 Å². The monoisotopic (exact) mass is 198 g/mol. The third-order valence-corrected chi connectivity index (χ3v) is 5.12. The molecule has 0 fully saturated rings. The van der Waals surface area contributed by atoms with E-state index < -0.39 is 9.84 Å². The average Bonchev–Trinajstić information content (AvgIpc) is 1.92. The highest BCUT2D eigenvalue weighted by Gasteiger charge is 2.38. The second-order valence-electron chi connectivity index (χ2n) is 4.10. The molecule has 2 nitrogen and oxygen atoms in total. The molecule has 0 aromatic heterocycles. The van der Waals surface area contributed by atoms with Crippen LogP contribution in [-0.4, -0.2) is 18.9 Å². The van der Waals surface area contributed by atoms with Gasteiger partial charge in [-0.2, -0.15) is 0 Å². The Morgan fingerprint density at radius 1 is 1.08 bits per heavy atom. The fourth-order valence-electron chi connectivity index (χ4n) is 1.85. The maximum Gasteiger partial charge on any atom is 0.163 e. The van der Waals surface area contributed by atoms with Crippen LogP contribution in [0.25, 0.3) is 0 Å². The van der Waals surface area contributed by atoms with E-state index in [1.165, 1.54) is 11.1 Å². The molecule has 2 unspecified atom stereocenters. The highest BCUT2D eigenvalue weighted by Crippen LogP contribution is 2.34. The number of rotatable bonds is 2. The lowest BCUT2D eigenvalue weighted by atomic mass is 10.00. The molecule has 72 valence electrons. The molecule has 3 heteroatoms. The van der Waals surface area contributed by atoms with Gasteiger partial charge in [-0.25, -0.2) is 8.42 Å². The molecule has 0 spiro atoms. The van der Waals surface area contributed by atoms with Gasteiger partial charge in [0.1, 0.15) is 0 Å². The molecule has 0 aromatic carbocycles. The Morgan fingerprint density at radius 2 is 1.38 bits per heavy atom. The summed E-state index contributed by atoms with van der Waals surface area (Å²) in [5.74, 6) is 0. The van der Waals surface area contributed by atoms with Crippen molar-refractivity contribution >= 4 is 9.84 Å². The van der Waals surface area contributed by atoms with Crippen LogP contribution in [0.1, 0.15) is 26.7 Å². The molecule has 2 atom stereocenters. The highest BCUT2D eigenvalue weighted by atomic mass is 32.2. The third kappa shape index (κ3) is 1.35. The lowest BCUT2D eigenvalue weighted by Crippen LogP contribution is -2.37. The second kappa shape index (κ2) is 2.71. The van der Waals surface area contributed by atoms with E-state index >= 15 is 0 Å². The summed E-state index contributed by atoms with van der Waals surface area (Å²) >= 11 is 0. The molecule has 0 amide bonds. The number of allylic oxidation sites excluding steroid dienone is 2. The van der Waals surface area contributed by atoms with Gasteiger partial charge in [0.25, 0.3) is 0 Å². The van der Waals surface area contributed by atoms with Crippen molar-refractivity contribution in [1.82, 2.24) is 0 Å². The van der Waals surface area contributed by atoms with Crippen molar-refractivity contribution in [2.45, 2.75) is 37.2 Å². The molecule has 0 radical (unpaired) electrons. The van der Waals surface area contributed by atoms with E-state index in [-0.39, 0.29) is 10.5 Å². The molecule has 13 heavy (non-hydrogen) atoms. The molecular weight excluding hydrogens is 184 g/mol. The molecule has 0 saturated carbocycles. The third-order valence-electron chi connectivity index (χ3n) is 2.83. The van der Waals surface area contributed by atoms with Gasteiger partial charge in [0, 0.05) is 0 Å². The standard InChI is InChI=1S/C10H14O2S/c1-7-3-9(4-7)13(11,12)10-5-8(2)6-10/h3,5,9-10H,4,6H2,1-2H3. The van der Waals surface area contributed by atoms with Gasteiger partial charge in [0.05, 0.1) is 10.5 Å². The Kier molecular flexibility index (Phi) is 1.88. The van der Waals surface area contributed by atoms with Crippen LogP contribution in [0.15, 0.2) is 23.3 Å². The van der Waals surface area contributed by atoms with E-state index in [0.29, 0.717) is 0 Å². The predicted molar refractivity (Wildman–Crippen MR) is 53.2 cm³/mol. The molecule has 0 saturated heterocycles. The molecule has 0 aromatic rings. The molecule has 2 aliphatic rings. The molecule has 2 aliphatic carbocycles. The summed E-state index contributed by atoms with van der Waals surface area (Å²) in [6.45, 7) is 3.96. The minimum atomic E-state index is -2.88. The van der Waals surface area contributed by atoms with Crippen LogP contribution in [0.2, 0.25) is 0 Å². The van der Waals surface area contributed by atoms with Crippen molar-refractivity contribution in [3.63, 3.8) is 0 Å². The van der Waals surface area contributed by atoms with Crippen molar-refractivity contribution in [2.24, 2.45) is 0 Å². The Hall–Kier alpha value is -0.570. The van der Waals surface area contributed by atoms with Gasteiger partial charge >= 0.3 is 0 Å². The first-order chi connectivity index (χ1) is 6.00. The summed E-state index contributed by atoms with van der Waals surface area (Å²) < 4.78 is 23.6. The Bertz CT molecular complexity index is 355. The topological polar surface area (TPSA) is 34.1 Å². The summed E-state index contributed by atoms with van der Waals surface area (Å²) in [5, 5.41) is -0.385. The molecule has 0 aliphatic heterocycles. The number of hydrogen-bond donors (Lipinski definition) is 0. The number of sulfone groups is 1. The fourth-order valence-corrected chi connectivity index (χ4v) is 4.13. The zero-order valence-corrected chi connectivity index (χ0v) is 8.76. The van der Waals surface area contributed by atoms with Gasteiger partial charge in [-0.3, -0.25) is 0 Å². The van der Waals surface area contributed by atoms with E-state index in [4.69, 9.17) is 0 Å². The average molecular weight is 198 g/mol. The smallest absolute Gasteiger partial charge is 0.163 e. The lowest BCUT2D eigenvalue weighted by Gasteiger charge is -2.30. The van der Waals surface area contributed by atoms with Crippen LogP contribution in [0.3, 0.4) is 0 Å². The van der Waals surface area contributed by atoms with Gasteiger partial charge in [-0.1, -0.05) is 23.3 Å². The van der Waals surface area contributed by atoms with Crippen molar-refractivity contribution in [3.05, 3.63) is 23.3 Å². The summed E-state index contributed by atoms with van der Waals surface area (Å²) in [4.78, 5) is 0. The van der Waals surface area contributed by atoms with Gasteiger partial charge in [0.15, 0.2) is 9.84 Å². The van der Waals surface area contributed by atoms with Crippen LogP contribution in [-0.2, 0) is 9.84 Å². The highest BCUT2D eigenvalue weighted by molar-refractivity contribution is 7.93. The van der Waals surface area contributed by atoms with Crippen LogP contribution in [0.4, 0.5) is 0 Å². The Labute approximate surface area is 79.3 Å². The largest absolute Gasteiger partial charge is 0.228 e. The van der Waals surface area contributed by atoms with Crippen molar-refractivity contribution in [2.75, 3.05) is 0 Å². The van der Waals surface area contributed by atoms with Crippen LogP contribution < -0.4 is 0 Å². The normalized spacial score (nSPS) is 32.8. The quantitative estimate of drug-likeness (QED) is 0.634. The lowest BCUT2D eigenvalue weighted by molar-refractivity contribution is 0.568. The van der Waals surface area contributed by atoms with Gasteiger partial charge in [-0.05, 0) is 26.7 Å². The minimum absolute atomic E-state index is 0.193. The maximum absolute atomic E-state index is 11.8. The summed E-state index contributed by atoms with van der Waals surface area (Å²) in [6, 6.07) is 0. The van der Waals surface area contributed by atoms with Gasteiger partial charge in [0.2, 0.25) is 0 Å². The van der Waals surface area contributed by atoms with E-state index in [9.17, 15) is 8.42 Å². The first-order valence-electron chi connectivity index (χ1n) is 4.57. The molecule has 2 rings (SSSR count). The van der Waals surface area contributed by atoms with Crippen molar-refractivity contribution < 1.29 is 8.42 Å². The minimum Gasteiger partial charge on any atom is -0.228 e. The van der Waals surface area contributed by atoms with E-state index in [0.717, 1.165) is 12.8 Å². The second-order valence-corrected chi connectivity index (χ2v) is 6.49. The van der Waals surface area contributed by atoms with Gasteiger partial charge < -0.3 is 0 Å². The van der Waals surface area contributed by atoms with E-state index in [1.807, 2.05) is 26.0 Å². The molecule has 0 bridgehead atoms. The van der Waals surface area contributed by atoms with E-state index in [2.05, 4.69) is 0 Å². The van der Waals surface area contributed by atoms with Crippen molar-refractivity contribution in [1.29, 1.82) is 0 Å². The van der Waals surface area contributed by atoms with Gasteiger partial charge in [-0.15, -0.1) is 0 Å². The summed E-state index contributed by atoms with van der Waals surface area (Å²) in [7, 11) is -2.88. The Morgan fingerprint density at radius 3 is 1.62 bits per heavy atom. The summed E-state index contributed by atoms with van der Waals surface area (Å²) in [6.07, 6.45) is 5.23. The van der Waals surface area contributed by atoms with Crippen LogP contribution in [0.5, 0.6) is 0 Å². The molecule has 0 N–H and O–H groups in total. The maximum atomic E-state index is 11.8. The zero-order chi connectivity index (χ0) is 9.64. The Balaban J connectivity index is 2.15. The fraction of sp³-hybridized carbons (Fsp3) is 0.600. The predicted octanol–water partition coefficient (Wildman–Crippen LogP) is 1.84. The zero-order valence-electron chi connectivity index (χ0n) is 7.95.